The number of nitrogens with zero attached hydrogens (tertiary/aromatic N) is 1. The largest absolute Gasteiger partial charge is 0.458 e. The molecule has 1 aromatic rings. The molecular weight excluding hydrogens is 706 g/mol. The van der Waals surface area contributed by atoms with Crippen LogP contribution in [-0.4, -0.2) is 120 Å². The average molecular weight is 774 g/mol. The third-order valence-electron chi connectivity index (χ3n) is 13.2. The van der Waals surface area contributed by atoms with E-state index in [2.05, 4.69) is 12.1 Å². The number of rotatable bonds is 8. The number of benzene rings is 1. The molecule has 0 saturated carbocycles. The van der Waals surface area contributed by atoms with Crippen LogP contribution in [0.15, 0.2) is 30.3 Å². The predicted molar refractivity (Wildman–Crippen MR) is 205 cm³/mol. The minimum Gasteiger partial charge on any atom is -0.458 e. The van der Waals surface area contributed by atoms with Gasteiger partial charge in [0, 0.05) is 29.7 Å². The molecule has 4 aliphatic rings. The minimum atomic E-state index is -1.45. The molecule has 310 valence electrons. The van der Waals surface area contributed by atoms with E-state index in [-0.39, 0.29) is 44.0 Å². The summed E-state index contributed by atoms with van der Waals surface area (Å²) in [6.45, 7) is 14.5. The number of ketones is 1. The molecule has 0 radical (unpaired) electrons. The lowest BCUT2D eigenvalue weighted by Gasteiger charge is -2.48. The van der Waals surface area contributed by atoms with Crippen LogP contribution in [0.2, 0.25) is 0 Å². The number of fused-ring (bicyclic) bond motifs is 4. The molecule has 4 heterocycles. The summed E-state index contributed by atoms with van der Waals surface area (Å²) in [4.78, 5) is 43.7. The van der Waals surface area contributed by atoms with Gasteiger partial charge in [-0.2, -0.15) is 0 Å². The zero-order valence-corrected chi connectivity index (χ0v) is 34.7. The van der Waals surface area contributed by atoms with E-state index in [1.54, 1.807) is 13.8 Å². The van der Waals surface area contributed by atoms with Crippen molar-refractivity contribution >= 4 is 17.7 Å². The van der Waals surface area contributed by atoms with Crippen molar-refractivity contribution in [3.05, 3.63) is 35.9 Å². The molecule has 2 N–H and O–H groups in total. The molecule has 1 unspecified atom stereocenters. The number of cyclic esters (lactones) is 1. The Morgan fingerprint density at radius 2 is 1.67 bits per heavy atom. The van der Waals surface area contributed by atoms with E-state index in [1.165, 1.54) is 0 Å². The molecule has 4 fully saturated rings. The second-order valence-corrected chi connectivity index (χ2v) is 17.8. The van der Waals surface area contributed by atoms with Crippen molar-refractivity contribution in [3.8, 4) is 0 Å². The summed E-state index contributed by atoms with van der Waals surface area (Å²) in [6.07, 6.45) is -1.96. The van der Waals surface area contributed by atoms with Crippen LogP contribution in [0, 0.1) is 29.6 Å². The van der Waals surface area contributed by atoms with Gasteiger partial charge < -0.3 is 43.5 Å². The van der Waals surface area contributed by atoms with Crippen molar-refractivity contribution in [1.29, 1.82) is 0 Å². The molecular formula is C43H67NO11. The van der Waals surface area contributed by atoms with Gasteiger partial charge in [0.25, 0.3) is 0 Å². The first-order valence-corrected chi connectivity index (χ1v) is 20.5. The average Bonchev–Trinajstić information content (AvgIpc) is 3.47. The standard InChI is InChI=1S/C43H67NO11/c1-11-33-42(8)31(21-34(45)55-42)27(4)35(46)25(2)22-41(7)38(54-40-36(47)32(44(9)10)20-26(3)52-40)28(5)37(29(6)39(48)53-33)50-23-43(49,24-51-41)19-15-18-30-16-13-12-14-17-30/h12-14,16-17,25-29,31-33,36-38,40,47,49H,11,15,18-24H2,1-10H3/t25-,26-,27-,28+,29-,31+,32+,33-,36-,37+,38-,40+,41-,42+,43?/m1/s1. The first-order chi connectivity index (χ1) is 25.8. The number of hydrogen-bond donors (Lipinski definition) is 2. The molecule has 12 nitrogen and oxygen atoms in total. The number of hydrogen-bond acceptors (Lipinski definition) is 12. The lowest BCUT2D eigenvalue weighted by molar-refractivity contribution is -0.303. The monoisotopic (exact) mass is 773 g/mol. The molecule has 4 aliphatic heterocycles. The van der Waals surface area contributed by atoms with Crippen LogP contribution in [-0.2, 0) is 49.2 Å². The quantitative estimate of drug-likeness (QED) is 0.347. The van der Waals surface area contributed by atoms with Crippen LogP contribution < -0.4 is 0 Å². The van der Waals surface area contributed by atoms with Gasteiger partial charge >= 0.3 is 11.9 Å². The first-order valence-electron chi connectivity index (χ1n) is 20.5. The summed E-state index contributed by atoms with van der Waals surface area (Å²) in [5.74, 6) is -4.27. The lowest BCUT2D eigenvalue weighted by atomic mass is 9.70. The summed E-state index contributed by atoms with van der Waals surface area (Å²) in [5, 5.41) is 24.0. The SMILES string of the molecule is CC[C@H]1OC(=O)[C@H](C)[C@H]2OCC(O)(CCCc3ccccc3)CO[C@](C)(C[C@@H](C)C(=O)[C@H](C)[C@@H]3CC(=O)O[C@]13C)[C@H](O[C@@H]1O[C@H](C)C[C@H](N(C)C)[C@H]1O)[C@H]2C. The molecule has 0 amide bonds. The lowest BCUT2D eigenvalue weighted by Crippen LogP contribution is -2.60. The molecule has 0 aliphatic carbocycles. The topological polar surface area (TPSA) is 150 Å². The molecule has 4 saturated heterocycles. The highest BCUT2D eigenvalue weighted by atomic mass is 16.7. The van der Waals surface area contributed by atoms with Crippen LogP contribution in [0.5, 0.6) is 0 Å². The van der Waals surface area contributed by atoms with Gasteiger partial charge in [0.15, 0.2) is 6.29 Å². The van der Waals surface area contributed by atoms with E-state index in [9.17, 15) is 24.6 Å². The number of aliphatic hydroxyl groups is 2. The second-order valence-electron chi connectivity index (χ2n) is 17.8. The Hall–Kier alpha value is -2.45. The van der Waals surface area contributed by atoms with E-state index < -0.39 is 89.0 Å². The Morgan fingerprint density at radius 3 is 2.33 bits per heavy atom. The highest BCUT2D eigenvalue weighted by Gasteiger charge is 2.58. The first kappa shape index (κ1) is 43.7. The highest BCUT2D eigenvalue weighted by Crippen LogP contribution is 2.46. The maximum absolute atomic E-state index is 14.5. The number of carbonyl (C=O) groups is 3. The fourth-order valence-electron chi connectivity index (χ4n) is 9.87. The fourth-order valence-corrected chi connectivity index (χ4v) is 9.87. The number of aliphatic hydroxyl groups excluding tert-OH is 1. The third-order valence-corrected chi connectivity index (χ3v) is 13.2. The van der Waals surface area contributed by atoms with Gasteiger partial charge in [0.05, 0.1) is 49.5 Å². The van der Waals surface area contributed by atoms with Gasteiger partial charge in [0.1, 0.15) is 29.2 Å². The number of likely N-dealkylation sites (N-methyl/N-ethyl adjacent to an activating group) is 1. The van der Waals surface area contributed by atoms with E-state index >= 15 is 0 Å². The van der Waals surface area contributed by atoms with E-state index in [0.717, 1.165) is 12.0 Å². The van der Waals surface area contributed by atoms with Gasteiger partial charge in [-0.15, -0.1) is 0 Å². The zero-order chi connectivity index (χ0) is 40.5. The van der Waals surface area contributed by atoms with Crippen molar-refractivity contribution in [2.45, 2.75) is 160 Å². The number of Topliss-reactive ketones (excluding diaryl/α,β-unsaturated/α-hetero) is 1. The molecule has 5 rings (SSSR count). The molecule has 55 heavy (non-hydrogen) atoms. The summed E-state index contributed by atoms with van der Waals surface area (Å²) in [6, 6.07) is 9.81. The second kappa shape index (κ2) is 17.6. The van der Waals surface area contributed by atoms with Crippen LogP contribution in [0.1, 0.15) is 99.5 Å². The Kier molecular flexibility index (Phi) is 14.0. The van der Waals surface area contributed by atoms with Crippen LogP contribution >= 0.6 is 0 Å². The summed E-state index contributed by atoms with van der Waals surface area (Å²) in [5.41, 5.74) is -2.77. The van der Waals surface area contributed by atoms with E-state index in [1.807, 2.05) is 78.7 Å². The van der Waals surface area contributed by atoms with Crippen molar-refractivity contribution in [3.63, 3.8) is 0 Å². The number of aryl methyl sites for hydroxylation is 1. The Labute approximate surface area is 327 Å². The minimum absolute atomic E-state index is 0.0279. The van der Waals surface area contributed by atoms with Gasteiger partial charge in [0.2, 0.25) is 0 Å². The van der Waals surface area contributed by atoms with Crippen molar-refractivity contribution < 1.29 is 53.0 Å². The molecule has 15 atom stereocenters. The number of ether oxygens (including phenoxy) is 6. The van der Waals surface area contributed by atoms with Gasteiger partial charge in [-0.05, 0) is 85.9 Å². The zero-order valence-electron chi connectivity index (χ0n) is 34.7. The molecule has 1 aromatic carbocycles. The smallest absolute Gasteiger partial charge is 0.311 e. The van der Waals surface area contributed by atoms with Gasteiger partial charge in [-0.3, -0.25) is 14.4 Å². The van der Waals surface area contributed by atoms with Gasteiger partial charge in [-0.1, -0.05) is 58.0 Å². The predicted octanol–water partition coefficient (Wildman–Crippen LogP) is 4.89. The van der Waals surface area contributed by atoms with Gasteiger partial charge in [-0.25, -0.2) is 0 Å². The molecule has 0 spiro atoms. The number of esters is 2. The Bertz CT molecular complexity index is 1480. The molecule has 0 aromatic heterocycles. The Morgan fingerprint density at radius 1 is 0.982 bits per heavy atom. The highest BCUT2D eigenvalue weighted by molar-refractivity contribution is 5.85. The number of carbonyl (C=O) groups excluding carboxylic acids is 3. The van der Waals surface area contributed by atoms with Crippen molar-refractivity contribution in [2.24, 2.45) is 29.6 Å². The third kappa shape index (κ3) is 9.48. The summed E-state index contributed by atoms with van der Waals surface area (Å²) >= 11 is 0. The maximum Gasteiger partial charge on any atom is 0.311 e. The normalized spacial score (nSPS) is 43.5. The van der Waals surface area contributed by atoms with Crippen LogP contribution in [0.3, 0.4) is 0 Å². The maximum atomic E-state index is 14.5. The Balaban J connectivity index is 1.60. The van der Waals surface area contributed by atoms with E-state index in [4.69, 9.17) is 28.4 Å². The van der Waals surface area contributed by atoms with Crippen molar-refractivity contribution in [1.82, 2.24) is 4.90 Å². The van der Waals surface area contributed by atoms with Crippen molar-refractivity contribution in [2.75, 3.05) is 27.3 Å². The fraction of sp³-hybridized carbons (Fsp3) is 0.791. The van der Waals surface area contributed by atoms with E-state index in [0.29, 0.717) is 25.7 Å². The van der Waals surface area contributed by atoms with Crippen LogP contribution in [0.4, 0.5) is 0 Å². The summed E-state index contributed by atoms with van der Waals surface area (Å²) in [7, 11) is 3.81. The molecule has 12 heteroatoms. The summed E-state index contributed by atoms with van der Waals surface area (Å²) < 4.78 is 39.0. The van der Waals surface area contributed by atoms with Crippen LogP contribution in [0.25, 0.3) is 0 Å². The molecule has 2 bridgehead atoms.